The molecule has 0 saturated carbocycles. The lowest BCUT2D eigenvalue weighted by molar-refractivity contribution is 0.0968. The largest absolute Gasteiger partial charge is 0.323 e. The van der Waals surface area contributed by atoms with Gasteiger partial charge in [0.2, 0.25) is 0 Å². The Kier molecular flexibility index (Phi) is 2.09. The maximum atomic E-state index is 11.6. The molecule has 0 radical (unpaired) electrons. The van der Waals surface area contributed by atoms with Crippen molar-refractivity contribution in [2.75, 3.05) is 0 Å². The van der Waals surface area contributed by atoms with Crippen LogP contribution in [-0.2, 0) is 0 Å². The highest BCUT2D eigenvalue weighted by molar-refractivity contribution is 6.00. The number of hydrogen-bond acceptors (Lipinski definition) is 2. The molecule has 0 amide bonds. The highest BCUT2D eigenvalue weighted by atomic mass is 16.1. The molecule has 2 N–H and O–H groups in total. The Morgan fingerprint density at radius 2 is 2.29 bits per heavy atom. The van der Waals surface area contributed by atoms with Gasteiger partial charge >= 0.3 is 0 Å². The molecule has 2 heterocycles. The molecule has 2 rings (SSSR count). The monoisotopic (exact) mass is 188 g/mol. The zero-order chi connectivity index (χ0) is 10.1. The smallest absolute Gasteiger partial charge is 0.180 e. The lowest BCUT2D eigenvalue weighted by atomic mass is 10.1. The molecule has 0 spiro atoms. The van der Waals surface area contributed by atoms with Crippen LogP contribution in [-0.4, -0.2) is 16.2 Å². The van der Waals surface area contributed by atoms with E-state index in [0.29, 0.717) is 5.56 Å². The average Bonchev–Trinajstić information content (AvgIpc) is 2.59. The maximum absolute atomic E-state index is 11.6. The summed E-state index contributed by atoms with van der Waals surface area (Å²) in [5.41, 5.74) is 7.21. The summed E-state index contributed by atoms with van der Waals surface area (Å²) in [6, 6.07) is 7.24. The molecule has 2 aromatic rings. The fourth-order valence-corrected chi connectivity index (χ4v) is 1.45. The number of ketones is 1. The molecule has 0 aliphatic rings. The number of fused-ring (bicyclic) bond motifs is 1. The molecule has 14 heavy (non-hydrogen) atoms. The van der Waals surface area contributed by atoms with Crippen LogP contribution in [0.3, 0.4) is 0 Å². The van der Waals surface area contributed by atoms with Crippen molar-refractivity contribution in [3.63, 3.8) is 0 Å². The third-order valence-electron chi connectivity index (χ3n) is 2.20. The maximum Gasteiger partial charge on any atom is 0.180 e. The van der Waals surface area contributed by atoms with Crippen molar-refractivity contribution in [3.05, 3.63) is 42.2 Å². The molecular formula is C11H12N2O. The van der Waals surface area contributed by atoms with Gasteiger partial charge in [-0.3, -0.25) is 4.79 Å². The molecule has 0 aliphatic carbocycles. The van der Waals surface area contributed by atoms with Crippen LogP contribution in [0.1, 0.15) is 17.3 Å². The predicted molar refractivity (Wildman–Crippen MR) is 55.4 cm³/mol. The molecule has 3 heteroatoms. The van der Waals surface area contributed by atoms with E-state index in [9.17, 15) is 4.79 Å². The van der Waals surface area contributed by atoms with Crippen molar-refractivity contribution in [2.45, 2.75) is 13.0 Å². The number of aromatic nitrogens is 1. The Labute approximate surface area is 82.1 Å². The molecule has 0 bridgehead atoms. The van der Waals surface area contributed by atoms with E-state index in [1.807, 2.05) is 34.9 Å². The number of hydrogen-bond donors (Lipinski definition) is 1. The summed E-state index contributed by atoms with van der Waals surface area (Å²) in [6.45, 7) is 1.70. The molecule has 0 unspecified atom stereocenters. The fourth-order valence-electron chi connectivity index (χ4n) is 1.45. The van der Waals surface area contributed by atoms with Crippen molar-refractivity contribution >= 4 is 11.3 Å². The van der Waals surface area contributed by atoms with Gasteiger partial charge in [-0.15, -0.1) is 0 Å². The lowest BCUT2D eigenvalue weighted by Crippen LogP contribution is -2.26. The molecule has 2 aromatic heterocycles. The van der Waals surface area contributed by atoms with Crippen LogP contribution >= 0.6 is 0 Å². The van der Waals surface area contributed by atoms with E-state index >= 15 is 0 Å². The van der Waals surface area contributed by atoms with Crippen molar-refractivity contribution in [1.82, 2.24) is 4.40 Å². The molecular weight excluding hydrogens is 176 g/mol. The highest BCUT2D eigenvalue weighted by Crippen LogP contribution is 2.10. The van der Waals surface area contributed by atoms with Crippen LogP contribution < -0.4 is 5.73 Å². The zero-order valence-corrected chi connectivity index (χ0v) is 7.97. The van der Waals surface area contributed by atoms with E-state index in [4.69, 9.17) is 5.73 Å². The van der Waals surface area contributed by atoms with Crippen molar-refractivity contribution < 1.29 is 4.79 Å². The number of Topliss-reactive ketones (excluding diaryl/α,β-unsaturated/α-hetero) is 1. The van der Waals surface area contributed by atoms with Gasteiger partial charge in [-0.25, -0.2) is 0 Å². The van der Waals surface area contributed by atoms with E-state index in [1.165, 1.54) is 0 Å². The average molecular weight is 188 g/mol. The van der Waals surface area contributed by atoms with Crippen LogP contribution in [0, 0.1) is 0 Å². The molecule has 0 fully saturated rings. The number of carbonyl (C=O) groups is 1. The standard InChI is InChI=1S/C11H12N2O/c1-8(12)11(14)9-6-10-4-2-3-5-13(10)7-9/h2-8H,12H2,1H3/t8-/m1/s1. The van der Waals surface area contributed by atoms with Gasteiger partial charge in [-0.1, -0.05) is 6.07 Å². The Morgan fingerprint density at radius 3 is 2.93 bits per heavy atom. The van der Waals surface area contributed by atoms with Crippen molar-refractivity contribution in [2.24, 2.45) is 5.73 Å². The number of rotatable bonds is 2. The van der Waals surface area contributed by atoms with Gasteiger partial charge in [0.1, 0.15) is 0 Å². The fraction of sp³-hybridized carbons (Fsp3) is 0.182. The van der Waals surface area contributed by atoms with Crippen LogP contribution in [0.5, 0.6) is 0 Å². The number of pyridine rings is 1. The van der Waals surface area contributed by atoms with Crippen LogP contribution in [0.4, 0.5) is 0 Å². The van der Waals surface area contributed by atoms with Crippen molar-refractivity contribution in [1.29, 1.82) is 0 Å². The van der Waals surface area contributed by atoms with Crippen molar-refractivity contribution in [3.8, 4) is 0 Å². The summed E-state index contributed by atoms with van der Waals surface area (Å²) in [6.07, 6.45) is 3.72. The molecule has 0 aromatic carbocycles. The third-order valence-corrected chi connectivity index (χ3v) is 2.20. The van der Waals surface area contributed by atoms with Crippen LogP contribution in [0.25, 0.3) is 5.52 Å². The SMILES string of the molecule is C[C@@H](N)C(=O)c1cc2ccccn2c1. The van der Waals surface area contributed by atoms with E-state index in [0.717, 1.165) is 5.52 Å². The second-order valence-corrected chi connectivity index (χ2v) is 3.41. The summed E-state index contributed by atoms with van der Waals surface area (Å²) in [4.78, 5) is 11.6. The summed E-state index contributed by atoms with van der Waals surface area (Å²) >= 11 is 0. The Morgan fingerprint density at radius 1 is 1.50 bits per heavy atom. The van der Waals surface area contributed by atoms with E-state index < -0.39 is 6.04 Å². The molecule has 0 aliphatic heterocycles. The number of carbonyl (C=O) groups excluding carboxylic acids is 1. The van der Waals surface area contributed by atoms with E-state index in [2.05, 4.69) is 0 Å². The minimum Gasteiger partial charge on any atom is -0.323 e. The first-order valence-corrected chi connectivity index (χ1v) is 4.55. The van der Waals surface area contributed by atoms with Gasteiger partial charge in [0.25, 0.3) is 0 Å². The third kappa shape index (κ3) is 1.42. The number of nitrogens with zero attached hydrogens (tertiary/aromatic N) is 1. The molecule has 0 saturated heterocycles. The van der Waals surface area contributed by atoms with Gasteiger partial charge in [0, 0.05) is 23.5 Å². The summed E-state index contributed by atoms with van der Waals surface area (Å²) in [7, 11) is 0. The number of nitrogens with two attached hydrogens (primary N) is 1. The first kappa shape index (κ1) is 8.97. The van der Waals surface area contributed by atoms with Gasteiger partial charge < -0.3 is 10.1 Å². The first-order chi connectivity index (χ1) is 6.68. The lowest BCUT2D eigenvalue weighted by Gasteiger charge is -1.99. The Balaban J connectivity index is 2.50. The Hall–Kier alpha value is -1.61. The zero-order valence-electron chi connectivity index (χ0n) is 7.97. The minimum absolute atomic E-state index is 0.0197. The summed E-state index contributed by atoms with van der Waals surface area (Å²) in [5.74, 6) is -0.0197. The van der Waals surface area contributed by atoms with Crippen LogP contribution in [0.2, 0.25) is 0 Å². The Bertz CT molecular complexity index is 438. The van der Waals surface area contributed by atoms with Crippen LogP contribution in [0.15, 0.2) is 36.7 Å². The van der Waals surface area contributed by atoms with Gasteiger partial charge in [-0.2, -0.15) is 0 Å². The second-order valence-electron chi connectivity index (χ2n) is 3.41. The normalized spacial score (nSPS) is 13.0. The predicted octanol–water partition coefficient (Wildman–Crippen LogP) is 1.47. The van der Waals surface area contributed by atoms with Gasteiger partial charge in [0.05, 0.1) is 6.04 Å². The van der Waals surface area contributed by atoms with E-state index in [1.54, 1.807) is 13.1 Å². The van der Waals surface area contributed by atoms with Gasteiger partial charge in [-0.05, 0) is 25.1 Å². The minimum atomic E-state index is -0.438. The molecule has 72 valence electrons. The first-order valence-electron chi connectivity index (χ1n) is 4.55. The quantitative estimate of drug-likeness (QED) is 0.725. The van der Waals surface area contributed by atoms with E-state index in [-0.39, 0.29) is 5.78 Å². The topological polar surface area (TPSA) is 47.5 Å². The second kappa shape index (κ2) is 3.27. The molecule has 3 nitrogen and oxygen atoms in total. The summed E-state index contributed by atoms with van der Waals surface area (Å²) < 4.78 is 1.91. The van der Waals surface area contributed by atoms with Gasteiger partial charge in [0.15, 0.2) is 5.78 Å². The summed E-state index contributed by atoms with van der Waals surface area (Å²) in [5, 5.41) is 0. The molecule has 1 atom stereocenters. The highest BCUT2D eigenvalue weighted by Gasteiger charge is 2.12.